The van der Waals surface area contributed by atoms with Crippen LogP contribution in [0.2, 0.25) is 0 Å². The number of benzene rings is 1. The molecule has 0 saturated carbocycles. The third-order valence-corrected chi connectivity index (χ3v) is 3.38. The van der Waals surface area contributed by atoms with Gasteiger partial charge in [-0.1, -0.05) is 23.5 Å². The van der Waals surface area contributed by atoms with Gasteiger partial charge < -0.3 is 0 Å². The van der Waals surface area contributed by atoms with E-state index in [-0.39, 0.29) is 0 Å². The Morgan fingerprint density at radius 1 is 1.29 bits per heavy atom. The summed E-state index contributed by atoms with van der Waals surface area (Å²) in [5.74, 6) is 1.20. The maximum Gasteiger partial charge on any atom is 0.217 e. The molecule has 0 atom stereocenters. The Balaban J connectivity index is 2.54. The average molecular weight is 224 g/mol. The largest absolute Gasteiger partial charge is 0.268 e. The minimum atomic E-state index is 0.391. The molecule has 2 aromatic heterocycles. The molecule has 0 radical (unpaired) electrons. The Bertz CT molecular complexity index is 598. The van der Waals surface area contributed by atoms with Gasteiger partial charge in [-0.15, -0.1) is 21.8 Å². The molecular formula is C9H6ClN3S. The lowest BCUT2D eigenvalue weighted by atomic mass is 10.3. The van der Waals surface area contributed by atoms with Gasteiger partial charge >= 0.3 is 0 Å². The van der Waals surface area contributed by atoms with Gasteiger partial charge in [0.1, 0.15) is 0 Å². The number of fused-ring (bicyclic) bond motifs is 3. The number of nitrogens with zero attached hydrogens (tertiary/aromatic N) is 3. The van der Waals surface area contributed by atoms with Gasteiger partial charge in [0.05, 0.1) is 16.1 Å². The predicted molar refractivity (Wildman–Crippen MR) is 57.9 cm³/mol. The molecule has 0 aliphatic carbocycles. The zero-order valence-corrected chi connectivity index (χ0v) is 8.72. The van der Waals surface area contributed by atoms with Crippen LogP contribution in [-0.2, 0) is 5.88 Å². The van der Waals surface area contributed by atoms with Crippen LogP contribution in [0, 0.1) is 0 Å². The highest BCUT2D eigenvalue weighted by Gasteiger charge is 2.10. The van der Waals surface area contributed by atoms with Crippen LogP contribution < -0.4 is 0 Å². The normalized spacial score (nSPS) is 11.5. The summed E-state index contributed by atoms with van der Waals surface area (Å²) in [4.78, 5) is 0.904. The first-order valence-electron chi connectivity index (χ1n) is 4.17. The minimum absolute atomic E-state index is 0.391. The minimum Gasteiger partial charge on any atom is -0.268 e. The van der Waals surface area contributed by atoms with Crippen molar-refractivity contribution in [2.24, 2.45) is 0 Å². The second kappa shape index (κ2) is 2.93. The van der Waals surface area contributed by atoms with Crippen LogP contribution >= 0.6 is 22.9 Å². The van der Waals surface area contributed by atoms with Crippen LogP contribution in [0.4, 0.5) is 0 Å². The van der Waals surface area contributed by atoms with Crippen LogP contribution in [0.1, 0.15) is 5.82 Å². The molecule has 0 spiro atoms. The van der Waals surface area contributed by atoms with Gasteiger partial charge in [-0.3, -0.25) is 4.40 Å². The lowest BCUT2D eigenvalue weighted by Crippen LogP contribution is -1.88. The molecule has 0 unspecified atom stereocenters. The Hall–Kier alpha value is -1.13. The molecule has 0 N–H and O–H groups in total. The van der Waals surface area contributed by atoms with Gasteiger partial charge in [0.25, 0.3) is 0 Å². The number of rotatable bonds is 1. The first kappa shape index (κ1) is 8.20. The van der Waals surface area contributed by atoms with E-state index in [1.54, 1.807) is 11.3 Å². The molecule has 14 heavy (non-hydrogen) atoms. The van der Waals surface area contributed by atoms with Gasteiger partial charge in [0.15, 0.2) is 5.82 Å². The van der Waals surface area contributed by atoms with E-state index in [0.29, 0.717) is 5.88 Å². The number of halogens is 1. The van der Waals surface area contributed by atoms with Crippen molar-refractivity contribution in [3.8, 4) is 0 Å². The van der Waals surface area contributed by atoms with Crippen LogP contribution in [-0.4, -0.2) is 14.6 Å². The summed E-state index contributed by atoms with van der Waals surface area (Å²) in [7, 11) is 0. The summed E-state index contributed by atoms with van der Waals surface area (Å²) in [6, 6.07) is 8.16. The van der Waals surface area contributed by atoms with E-state index in [9.17, 15) is 0 Å². The zero-order valence-electron chi connectivity index (χ0n) is 7.14. The molecule has 3 nitrogen and oxygen atoms in total. The summed E-state index contributed by atoms with van der Waals surface area (Å²) in [5.41, 5.74) is 1.13. The predicted octanol–water partition coefficient (Wildman–Crippen LogP) is 2.68. The Kier molecular flexibility index (Phi) is 1.72. The summed E-state index contributed by atoms with van der Waals surface area (Å²) in [6.45, 7) is 0. The van der Waals surface area contributed by atoms with E-state index in [0.717, 1.165) is 16.3 Å². The van der Waals surface area contributed by atoms with Gasteiger partial charge in [-0.25, -0.2) is 0 Å². The van der Waals surface area contributed by atoms with Crippen molar-refractivity contribution < 1.29 is 0 Å². The van der Waals surface area contributed by atoms with E-state index in [1.165, 1.54) is 4.70 Å². The van der Waals surface area contributed by atoms with E-state index in [1.807, 2.05) is 16.5 Å². The Labute approximate surface area is 88.9 Å². The summed E-state index contributed by atoms with van der Waals surface area (Å²) in [5, 5.41) is 8.09. The molecule has 3 aromatic rings. The van der Waals surface area contributed by atoms with Crippen molar-refractivity contribution in [1.29, 1.82) is 0 Å². The molecule has 5 heteroatoms. The van der Waals surface area contributed by atoms with Crippen molar-refractivity contribution in [2.75, 3.05) is 0 Å². The summed E-state index contributed by atoms with van der Waals surface area (Å²) < 4.78 is 3.22. The molecule has 0 saturated heterocycles. The fourth-order valence-electron chi connectivity index (χ4n) is 1.52. The van der Waals surface area contributed by atoms with Crippen molar-refractivity contribution in [3.05, 3.63) is 30.1 Å². The average Bonchev–Trinajstić information content (AvgIpc) is 2.75. The summed E-state index contributed by atoms with van der Waals surface area (Å²) in [6.07, 6.45) is 0. The fourth-order valence-corrected chi connectivity index (χ4v) is 2.68. The van der Waals surface area contributed by atoms with E-state index in [4.69, 9.17) is 11.6 Å². The number of aromatic nitrogens is 3. The Morgan fingerprint density at radius 2 is 2.14 bits per heavy atom. The topological polar surface area (TPSA) is 30.2 Å². The molecule has 1 aromatic carbocycles. The first-order chi connectivity index (χ1) is 6.90. The fraction of sp³-hybridized carbons (Fsp3) is 0.111. The first-order valence-corrected chi connectivity index (χ1v) is 5.53. The quantitative estimate of drug-likeness (QED) is 0.594. The molecule has 0 aliphatic rings. The number of hydrogen-bond donors (Lipinski definition) is 0. The standard InChI is InChI=1S/C9H6ClN3S/c10-5-8-11-12-9-13(8)6-3-1-2-4-7(6)14-9/h1-4H,5H2. The molecule has 3 rings (SSSR count). The Morgan fingerprint density at radius 3 is 3.00 bits per heavy atom. The third-order valence-electron chi connectivity index (χ3n) is 2.13. The van der Waals surface area contributed by atoms with E-state index < -0.39 is 0 Å². The number of para-hydroxylation sites is 1. The van der Waals surface area contributed by atoms with Gasteiger partial charge in [0, 0.05) is 0 Å². The summed E-state index contributed by atoms with van der Waals surface area (Å²) >= 11 is 7.41. The van der Waals surface area contributed by atoms with E-state index >= 15 is 0 Å². The second-order valence-corrected chi connectivity index (χ2v) is 4.21. The molecule has 0 bridgehead atoms. The molecular weight excluding hydrogens is 218 g/mol. The smallest absolute Gasteiger partial charge is 0.217 e. The van der Waals surface area contributed by atoms with Crippen molar-refractivity contribution in [1.82, 2.24) is 14.6 Å². The number of thiazole rings is 1. The number of hydrogen-bond acceptors (Lipinski definition) is 3. The maximum absolute atomic E-state index is 5.79. The maximum atomic E-state index is 5.79. The van der Waals surface area contributed by atoms with Crippen LogP contribution in [0.15, 0.2) is 24.3 Å². The second-order valence-electron chi connectivity index (χ2n) is 2.94. The molecule has 70 valence electrons. The highest BCUT2D eigenvalue weighted by molar-refractivity contribution is 7.23. The molecule has 0 fully saturated rings. The molecule has 0 aliphatic heterocycles. The SMILES string of the molecule is ClCc1nnc2sc3ccccc3n12. The van der Waals surface area contributed by atoms with E-state index in [2.05, 4.69) is 22.3 Å². The van der Waals surface area contributed by atoms with Crippen molar-refractivity contribution in [2.45, 2.75) is 5.88 Å². The van der Waals surface area contributed by atoms with Gasteiger partial charge in [0.2, 0.25) is 4.96 Å². The van der Waals surface area contributed by atoms with Crippen LogP contribution in [0.25, 0.3) is 15.2 Å². The number of alkyl halides is 1. The monoisotopic (exact) mass is 223 g/mol. The molecule has 2 heterocycles. The highest BCUT2D eigenvalue weighted by Crippen LogP contribution is 2.26. The van der Waals surface area contributed by atoms with Crippen molar-refractivity contribution >= 4 is 38.1 Å². The lowest BCUT2D eigenvalue weighted by molar-refractivity contribution is 1.00. The highest BCUT2D eigenvalue weighted by atomic mass is 35.5. The van der Waals surface area contributed by atoms with Crippen LogP contribution in [0.5, 0.6) is 0 Å². The van der Waals surface area contributed by atoms with Gasteiger partial charge in [-0.05, 0) is 12.1 Å². The van der Waals surface area contributed by atoms with Crippen molar-refractivity contribution in [3.63, 3.8) is 0 Å². The lowest BCUT2D eigenvalue weighted by Gasteiger charge is -1.92. The van der Waals surface area contributed by atoms with Crippen LogP contribution in [0.3, 0.4) is 0 Å². The van der Waals surface area contributed by atoms with Gasteiger partial charge in [-0.2, -0.15) is 0 Å². The zero-order chi connectivity index (χ0) is 9.54. The third kappa shape index (κ3) is 0.980. The molecule has 0 amide bonds.